The molecule has 0 bridgehead atoms. The number of allylic oxidation sites excluding steroid dienone is 6. The summed E-state index contributed by atoms with van der Waals surface area (Å²) < 4.78 is 12.9. The van der Waals surface area contributed by atoms with Gasteiger partial charge in [-0.05, 0) is 24.5 Å². The van der Waals surface area contributed by atoms with Gasteiger partial charge in [-0.2, -0.15) is 0 Å². The van der Waals surface area contributed by atoms with Gasteiger partial charge in [0.1, 0.15) is 5.83 Å². The largest absolute Gasteiger partial charge is 0.207 e. The molecule has 0 nitrogen and oxygen atoms in total. The maximum atomic E-state index is 12.9. The standard InChI is InChI=1S/C9H11F/c1-2-8-6-4-3-5-7-9(8)10/h3-4,6-7H,2,5H2,1H3. The monoisotopic (exact) mass is 138 g/mol. The van der Waals surface area contributed by atoms with Gasteiger partial charge >= 0.3 is 0 Å². The summed E-state index contributed by atoms with van der Waals surface area (Å²) in [6.45, 7) is 1.96. The fourth-order valence-corrected chi connectivity index (χ4v) is 0.932. The highest BCUT2D eigenvalue weighted by molar-refractivity contribution is 5.31. The van der Waals surface area contributed by atoms with Gasteiger partial charge < -0.3 is 0 Å². The Bertz CT molecular complexity index is 197. The summed E-state index contributed by atoms with van der Waals surface area (Å²) in [7, 11) is 0. The lowest BCUT2D eigenvalue weighted by atomic mass is 10.2. The highest BCUT2D eigenvalue weighted by atomic mass is 19.1. The molecule has 0 spiro atoms. The zero-order valence-corrected chi connectivity index (χ0v) is 6.10. The van der Waals surface area contributed by atoms with Crippen LogP contribution in [-0.4, -0.2) is 0 Å². The Kier molecular flexibility index (Phi) is 2.43. The van der Waals surface area contributed by atoms with Crippen molar-refractivity contribution in [1.29, 1.82) is 0 Å². The molecule has 0 amide bonds. The van der Waals surface area contributed by atoms with Crippen molar-refractivity contribution in [2.24, 2.45) is 0 Å². The molecule has 0 atom stereocenters. The molecule has 0 aromatic carbocycles. The van der Waals surface area contributed by atoms with Crippen LogP contribution in [-0.2, 0) is 0 Å². The third-order valence-electron chi connectivity index (χ3n) is 1.55. The topological polar surface area (TPSA) is 0 Å². The van der Waals surface area contributed by atoms with E-state index < -0.39 is 0 Å². The number of halogens is 1. The first kappa shape index (κ1) is 7.26. The molecule has 0 heterocycles. The van der Waals surface area contributed by atoms with E-state index in [1.165, 1.54) is 0 Å². The van der Waals surface area contributed by atoms with E-state index in [4.69, 9.17) is 0 Å². The average Bonchev–Trinajstić information content (AvgIpc) is 2.13. The van der Waals surface area contributed by atoms with Crippen molar-refractivity contribution < 1.29 is 4.39 Å². The van der Waals surface area contributed by atoms with Crippen molar-refractivity contribution in [1.82, 2.24) is 0 Å². The van der Waals surface area contributed by atoms with Crippen molar-refractivity contribution >= 4 is 0 Å². The lowest BCUT2D eigenvalue weighted by Gasteiger charge is -1.96. The van der Waals surface area contributed by atoms with E-state index in [0.717, 1.165) is 12.0 Å². The molecule has 1 rings (SSSR count). The first-order valence-corrected chi connectivity index (χ1v) is 3.56. The fourth-order valence-electron chi connectivity index (χ4n) is 0.932. The molecule has 0 unspecified atom stereocenters. The van der Waals surface area contributed by atoms with Crippen LogP contribution < -0.4 is 0 Å². The quantitative estimate of drug-likeness (QED) is 0.522. The zero-order chi connectivity index (χ0) is 7.40. The third kappa shape index (κ3) is 1.56. The van der Waals surface area contributed by atoms with Crippen LogP contribution in [0.1, 0.15) is 19.8 Å². The minimum atomic E-state index is -0.0625. The van der Waals surface area contributed by atoms with Gasteiger partial charge in [-0.3, -0.25) is 0 Å². The molecule has 1 aliphatic carbocycles. The van der Waals surface area contributed by atoms with Crippen LogP contribution in [0.5, 0.6) is 0 Å². The van der Waals surface area contributed by atoms with E-state index in [1.807, 2.05) is 25.2 Å². The number of hydrogen-bond acceptors (Lipinski definition) is 0. The Morgan fingerprint density at radius 1 is 1.60 bits per heavy atom. The Labute approximate surface area is 60.7 Å². The summed E-state index contributed by atoms with van der Waals surface area (Å²) in [6, 6.07) is 0. The fraction of sp³-hybridized carbons (Fsp3) is 0.333. The SMILES string of the molecule is CCC1=CC=CCC=C1F. The van der Waals surface area contributed by atoms with Crippen molar-refractivity contribution in [3.63, 3.8) is 0 Å². The van der Waals surface area contributed by atoms with E-state index in [9.17, 15) is 4.39 Å². The zero-order valence-electron chi connectivity index (χ0n) is 6.10. The minimum Gasteiger partial charge on any atom is -0.207 e. The smallest absolute Gasteiger partial charge is 0.122 e. The lowest BCUT2D eigenvalue weighted by molar-refractivity contribution is 0.639. The first-order valence-electron chi connectivity index (χ1n) is 3.56. The van der Waals surface area contributed by atoms with Crippen LogP contribution in [0.2, 0.25) is 0 Å². The van der Waals surface area contributed by atoms with E-state index in [0.29, 0.717) is 6.42 Å². The number of rotatable bonds is 1. The predicted octanol–water partition coefficient (Wildman–Crippen LogP) is 3.14. The van der Waals surface area contributed by atoms with Gasteiger partial charge in [0.25, 0.3) is 0 Å². The summed E-state index contributed by atoms with van der Waals surface area (Å²) in [5, 5.41) is 0. The summed E-state index contributed by atoms with van der Waals surface area (Å²) in [5.41, 5.74) is 0.800. The summed E-state index contributed by atoms with van der Waals surface area (Å²) in [4.78, 5) is 0. The van der Waals surface area contributed by atoms with Gasteiger partial charge in [0, 0.05) is 0 Å². The van der Waals surface area contributed by atoms with E-state index in [-0.39, 0.29) is 5.83 Å². The van der Waals surface area contributed by atoms with Crippen LogP contribution in [0.25, 0.3) is 0 Å². The van der Waals surface area contributed by atoms with Gasteiger partial charge in [-0.15, -0.1) is 0 Å². The van der Waals surface area contributed by atoms with Crippen LogP contribution in [0, 0.1) is 0 Å². The van der Waals surface area contributed by atoms with Crippen LogP contribution in [0.4, 0.5) is 4.39 Å². The van der Waals surface area contributed by atoms with Gasteiger partial charge in [0.05, 0.1) is 0 Å². The molecule has 0 aliphatic heterocycles. The number of hydrogen-bond donors (Lipinski definition) is 0. The molecule has 0 fully saturated rings. The molecule has 10 heavy (non-hydrogen) atoms. The second-order valence-electron chi connectivity index (χ2n) is 2.26. The second-order valence-corrected chi connectivity index (χ2v) is 2.26. The molecule has 54 valence electrons. The van der Waals surface area contributed by atoms with E-state index >= 15 is 0 Å². The van der Waals surface area contributed by atoms with Gasteiger partial charge in [0.2, 0.25) is 0 Å². The lowest BCUT2D eigenvalue weighted by Crippen LogP contribution is -1.78. The molecule has 1 heteroatoms. The third-order valence-corrected chi connectivity index (χ3v) is 1.55. The van der Waals surface area contributed by atoms with Crippen LogP contribution in [0.3, 0.4) is 0 Å². The normalized spacial score (nSPS) is 17.8. The minimum absolute atomic E-state index is 0.0625. The molecule has 0 N–H and O–H groups in total. The average molecular weight is 138 g/mol. The van der Waals surface area contributed by atoms with Crippen molar-refractivity contribution in [2.45, 2.75) is 19.8 Å². The van der Waals surface area contributed by atoms with Gasteiger partial charge in [-0.1, -0.05) is 25.2 Å². The molecule has 0 radical (unpaired) electrons. The molecular formula is C9H11F. The van der Waals surface area contributed by atoms with Crippen molar-refractivity contribution in [3.05, 3.63) is 35.7 Å². The molecule has 0 aromatic heterocycles. The maximum absolute atomic E-state index is 12.9. The Balaban J connectivity index is 2.82. The summed E-state index contributed by atoms with van der Waals surface area (Å²) in [6.07, 6.45) is 8.78. The van der Waals surface area contributed by atoms with E-state index in [2.05, 4.69) is 0 Å². The molecule has 0 saturated carbocycles. The molecule has 0 saturated heterocycles. The van der Waals surface area contributed by atoms with Crippen LogP contribution >= 0.6 is 0 Å². The van der Waals surface area contributed by atoms with Gasteiger partial charge in [-0.25, -0.2) is 4.39 Å². The molecular weight excluding hydrogens is 127 g/mol. The summed E-state index contributed by atoms with van der Waals surface area (Å²) >= 11 is 0. The second kappa shape index (κ2) is 3.35. The van der Waals surface area contributed by atoms with Gasteiger partial charge in [0.15, 0.2) is 0 Å². The van der Waals surface area contributed by atoms with Crippen molar-refractivity contribution in [2.75, 3.05) is 0 Å². The van der Waals surface area contributed by atoms with Crippen molar-refractivity contribution in [3.8, 4) is 0 Å². The predicted molar refractivity (Wildman–Crippen MR) is 41.3 cm³/mol. The Morgan fingerprint density at radius 2 is 2.40 bits per heavy atom. The van der Waals surface area contributed by atoms with E-state index in [1.54, 1.807) is 6.08 Å². The molecule has 0 aromatic rings. The molecule has 1 aliphatic rings. The Hall–Kier alpha value is -0.850. The summed E-state index contributed by atoms with van der Waals surface area (Å²) in [5.74, 6) is -0.0625. The highest BCUT2D eigenvalue weighted by Crippen LogP contribution is 2.18. The first-order chi connectivity index (χ1) is 4.84. The maximum Gasteiger partial charge on any atom is 0.122 e. The highest BCUT2D eigenvalue weighted by Gasteiger charge is 2.00. The van der Waals surface area contributed by atoms with Crippen LogP contribution in [0.15, 0.2) is 35.7 Å². The Morgan fingerprint density at radius 3 is 3.10 bits per heavy atom.